The lowest BCUT2D eigenvalue weighted by Crippen LogP contribution is -2.56. The van der Waals surface area contributed by atoms with E-state index >= 15 is 0 Å². The fourth-order valence-corrected chi connectivity index (χ4v) is 3.46. The zero-order valence-corrected chi connectivity index (χ0v) is 12.7. The Morgan fingerprint density at radius 3 is 2.78 bits per heavy atom. The molecule has 0 radical (unpaired) electrons. The summed E-state index contributed by atoms with van der Waals surface area (Å²) in [7, 11) is 0. The van der Waals surface area contributed by atoms with Crippen molar-refractivity contribution in [1.29, 1.82) is 0 Å². The molecule has 3 rings (SSSR count). The number of nitrogens with one attached hydrogen (secondary N) is 1. The van der Waals surface area contributed by atoms with Crippen molar-refractivity contribution in [2.45, 2.75) is 38.8 Å². The third kappa shape index (κ3) is 2.43. The van der Waals surface area contributed by atoms with Gasteiger partial charge in [0.15, 0.2) is 0 Å². The molecule has 98 valence electrons. The highest BCUT2D eigenvalue weighted by Crippen LogP contribution is 2.36. The highest BCUT2D eigenvalue weighted by Gasteiger charge is 2.36. The molecule has 3 heteroatoms. The third-order valence-electron chi connectivity index (χ3n) is 4.26. The first kappa shape index (κ1) is 12.5. The fraction of sp³-hybridized carbons (Fsp3) is 0.600. The summed E-state index contributed by atoms with van der Waals surface area (Å²) in [6, 6.07) is 7.91. The van der Waals surface area contributed by atoms with Gasteiger partial charge in [0.1, 0.15) is 0 Å². The molecule has 1 aliphatic carbocycles. The summed E-state index contributed by atoms with van der Waals surface area (Å²) in [6.07, 6.45) is 2.83. The molecule has 18 heavy (non-hydrogen) atoms. The van der Waals surface area contributed by atoms with E-state index in [4.69, 9.17) is 0 Å². The predicted octanol–water partition coefficient (Wildman–Crippen LogP) is 3.33. The molecule has 0 amide bonds. The second-order valence-electron chi connectivity index (χ2n) is 5.78. The Bertz CT molecular complexity index is 442. The summed E-state index contributed by atoms with van der Waals surface area (Å²) >= 11 is 3.55. The van der Waals surface area contributed by atoms with Gasteiger partial charge in [0.05, 0.1) is 0 Å². The van der Waals surface area contributed by atoms with Crippen molar-refractivity contribution in [3.05, 3.63) is 28.2 Å². The molecule has 2 aliphatic rings. The van der Waals surface area contributed by atoms with Crippen molar-refractivity contribution < 1.29 is 0 Å². The van der Waals surface area contributed by atoms with E-state index in [1.54, 1.807) is 0 Å². The molecular formula is C15H21BrN2. The smallest absolute Gasteiger partial charge is 0.0400 e. The van der Waals surface area contributed by atoms with Crippen LogP contribution in [0.4, 0.5) is 5.69 Å². The van der Waals surface area contributed by atoms with Crippen LogP contribution in [0.3, 0.4) is 0 Å². The fourth-order valence-electron chi connectivity index (χ4n) is 2.98. The zero-order valence-electron chi connectivity index (χ0n) is 11.1. The van der Waals surface area contributed by atoms with Crippen LogP contribution >= 0.6 is 15.9 Å². The Morgan fingerprint density at radius 2 is 2.11 bits per heavy atom. The van der Waals surface area contributed by atoms with E-state index in [2.05, 4.69) is 58.2 Å². The lowest BCUT2D eigenvalue weighted by Gasteiger charge is -2.41. The van der Waals surface area contributed by atoms with Crippen LogP contribution in [0.15, 0.2) is 22.7 Å². The molecule has 0 bridgehead atoms. The normalized spacial score (nSPS) is 28.5. The van der Waals surface area contributed by atoms with Gasteiger partial charge in [-0.1, -0.05) is 15.9 Å². The Labute approximate surface area is 118 Å². The van der Waals surface area contributed by atoms with Crippen LogP contribution in [0.5, 0.6) is 0 Å². The summed E-state index contributed by atoms with van der Waals surface area (Å²) in [6.45, 7) is 6.80. The lowest BCUT2D eigenvalue weighted by atomic mass is 10.0. The number of piperazine rings is 1. The van der Waals surface area contributed by atoms with E-state index < -0.39 is 0 Å². The third-order valence-corrected chi connectivity index (χ3v) is 4.75. The van der Waals surface area contributed by atoms with Crippen molar-refractivity contribution in [2.24, 2.45) is 5.92 Å². The highest BCUT2D eigenvalue weighted by atomic mass is 79.9. The number of nitrogens with zero attached hydrogens (tertiary/aromatic N) is 1. The molecule has 1 saturated heterocycles. The number of halogens is 1. The van der Waals surface area contributed by atoms with Gasteiger partial charge < -0.3 is 10.2 Å². The van der Waals surface area contributed by atoms with Crippen molar-refractivity contribution in [3.63, 3.8) is 0 Å². The molecule has 2 nitrogen and oxygen atoms in total. The Balaban J connectivity index is 1.83. The van der Waals surface area contributed by atoms with E-state index in [9.17, 15) is 0 Å². The number of aryl methyl sites for hydroxylation is 1. The molecule has 0 spiro atoms. The van der Waals surface area contributed by atoms with Gasteiger partial charge in [-0.2, -0.15) is 0 Å². The van der Waals surface area contributed by atoms with E-state index in [1.807, 2.05) is 0 Å². The van der Waals surface area contributed by atoms with Crippen LogP contribution in [0.25, 0.3) is 0 Å². The first-order valence-electron chi connectivity index (χ1n) is 6.91. The van der Waals surface area contributed by atoms with E-state index in [-0.39, 0.29) is 0 Å². The van der Waals surface area contributed by atoms with Gasteiger partial charge in [-0.25, -0.2) is 0 Å². The molecule has 2 unspecified atom stereocenters. The summed E-state index contributed by atoms with van der Waals surface area (Å²) in [5, 5.41) is 3.71. The van der Waals surface area contributed by atoms with Crippen LogP contribution in [-0.2, 0) is 0 Å². The van der Waals surface area contributed by atoms with Gasteiger partial charge in [0.2, 0.25) is 0 Å². The summed E-state index contributed by atoms with van der Waals surface area (Å²) < 4.78 is 1.17. The molecule has 0 aromatic heterocycles. The minimum absolute atomic E-state index is 0.583. The van der Waals surface area contributed by atoms with Gasteiger partial charge in [0, 0.05) is 35.3 Å². The number of benzene rings is 1. The maximum Gasteiger partial charge on any atom is 0.0400 e. The van der Waals surface area contributed by atoms with Crippen LogP contribution in [0, 0.1) is 12.8 Å². The molecule has 1 aliphatic heterocycles. The number of rotatable bonds is 2. The molecule has 1 N–H and O–H groups in total. The van der Waals surface area contributed by atoms with Gasteiger partial charge >= 0.3 is 0 Å². The second-order valence-corrected chi connectivity index (χ2v) is 6.70. The quantitative estimate of drug-likeness (QED) is 0.901. The van der Waals surface area contributed by atoms with Crippen molar-refractivity contribution >= 4 is 21.6 Å². The Kier molecular flexibility index (Phi) is 3.37. The SMILES string of the molecule is Cc1cc(Br)ccc1N1CC(C2CC2)NCC1C. The van der Waals surface area contributed by atoms with Gasteiger partial charge in [-0.15, -0.1) is 0 Å². The summed E-state index contributed by atoms with van der Waals surface area (Å²) in [5.41, 5.74) is 2.77. The molecule has 2 fully saturated rings. The maximum absolute atomic E-state index is 3.71. The summed E-state index contributed by atoms with van der Waals surface area (Å²) in [4.78, 5) is 2.58. The summed E-state index contributed by atoms with van der Waals surface area (Å²) in [5.74, 6) is 0.927. The van der Waals surface area contributed by atoms with Crippen molar-refractivity contribution in [1.82, 2.24) is 5.32 Å². The monoisotopic (exact) mass is 308 g/mol. The van der Waals surface area contributed by atoms with Crippen LogP contribution in [0.1, 0.15) is 25.3 Å². The number of anilines is 1. The second kappa shape index (κ2) is 4.86. The van der Waals surface area contributed by atoms with Gasteiger partial charge in [0.25, 0.3) is 0 Å². The van der Waals surface area contributed by atoms with Crippen molar-refractivity contribution in [3.8, 4) is 0 Å². The first-order chi connectivity index (χ1) is 8.65. The van der Waals surface area contributed by atoms with Crippen LogP contribution in [-0.4, -0.2) is 25.2 Å². The molecule has 1 heterocycles. The minimum Gasteiger partial charge on any atom is -0.366 e. The number of hydrogen-bond acceptors (Lipinski definition) is 2. The average molecular weight is 309 g/mol. The Morgan fingerprint density at radius 1 is 1.33 bits per heavy atom. The minimum atomic E-state index is 0.583. The maximum atomic E-state index is 3.71. The van der Waals surface area contributed by atoms with Crippen LogP contribution in [0.2, 0.25) is 0 Å². The highest BCUT2D eigenvalue weighted by molar-refractivity contribution is 9.10. The molecule has 2 atom stereocenters. The average Bonchev–Trinajstić information content (AvgIpc) is 3.14. The van der Waals surface area contributed by atoms with E-state index in [1.165, 1.54) is 28.6 Å². The Hall–Kier alpha value is -0.540. The number of hydrogen-bond donors (Lipinski definition) is 1. The van der Waals surface area contributed by atoms with Crippen LogP contribution < -0.4 is 10.2 Å². The molecular weight excluding hydrogens is 288 g/mol. The molecule has 1 saturated carbocycles. The van der Waals surface area contributed by atoms with Gasteiger partial charge in [-0.05, 0) is 56.4 Å². The zero-order chi connectivity index (χ0) is 12.7. The molecule has 1 aromatic rings. The lowest BCUT2D eigenvalue weighted by molar-refractivity contribution is 0.375. The van der Waals surface area contributed by atoms with E-state index in [0.717, 1.165) is 19.0 Å². The van der Waals surface area contributed by atoms with E-state index in [0.29, 0.717) is 12.1 Å². The predicted molar refractivity (Wildman–Crippen MR) is 80.2 cm³/mol. The first-order valence-corrected chi connectivity index (χ1v) is 7.70. The standard InChI is InChI=1S/C15H21BrN2/c1-10-7-13(16)5-6-15(10)18-9-14(12-3-4-12)17-8-11(18)2/h5-7,11-12,14,17H,3-4,8-9H2,1-2H3. The van der Waals surface area contributed by atoms with Crippen molar-refractivity contribution in [2.75, 3.05) is 18.0 Å². The molecule has 1 aromatic carbocycles. The van der Waals surface area contributed by atoms with Gasteiger partial charge in [-0.3, -0.25) is 0 Å². The largest absolute Gasteiger partial charge is 0.366 e. The topological polar surface area (TPSA) is 15.3 Å².